The fraction of sp³-hybridized carbons (Fsp3) is 0.200. The van der Waals surface area contributed by atoms with Gasteiger partial charge < -0.3 is 0 Å². The highest BCUT2D eigenvalue weighted by atomic mass is 16.2. The van der Waals surface area contributed by atoms with E-state index in [1.165, 1.54) is 4.90 Å². The molecule has 5 nitrogen and oxygen atoms in total. The number of carbonyl (C=O) groups is 2. The van der Waals surface area contributed by atoms with Crippen LogP contribution < -0.4 is 0 Å². The van der Waals surface area contributed by atoms with Gasteiger partial charge in [-0.2, -0.15) is 10.2 Å². The van der Waals surface area contributed by atoms with Gasteiger partial charge in [0.25, 0.3) is 0 Å². The summed E-state index contributed by atoms with van der Waals surface area (Å²) in [5.41, 5.74) is 5.17. The summed E-state index contributed by atoms with van der Waals surface area (Å²) in [5, 5.41) is 8.76. The van der Waals surface area contributed by atoms with Crippen LogP contribution in [0.25, 0.3) is 0 Å². The number of rotatable bonds is 5. The summed E-state index contributed by atoms with van der Waals surface area (Å²) in [6.45, 7) is 4.26. The molecule has 0 aliphatic carbocycles. The van der Waals surface area contributed by atoms with Crippen LogP contribution in [0.15, 0.2) is 83.0 Å². The van der Waals surface area contributed by atoms with Crippen LogP contribution in [0.5, 0.6) is 0 Å². The number of carbonyl (C=O) groups excluding carboxylic acids is 2. The third kappa shape index (κ3) is 4.20. The maximum atomic E-state index is 13.1. The molecule has 1 aliphatic heterocycles. The van der Waals surface area contributed by atoms with Crippen LogP contribution in [0.3, 0.4) is 0 Å². The third-order valence-electron chi connectivity index (χ3n) is 5.26. The largest absolute Gasteiger partial charge is 0.278 e. The van der Waals surface area contributed by atoms with Gasteiger partial charge in [0.1, 0.15) is 0 Å². The first-order valence-corrected chi connectivity index (χ1v) is 9.98. The van der Waals surface area contributed by atoms with E-state index in [0.29, 0.717) is 12.2 Å². The Kier molecular flexibility index (Phi) is 5.53. The summed E-state index contributed by atoms with van der Waals surface area (Å²) in [7, 11) is 0. The van der Waals surface area contributed by atoms with Crippen LogP contribution in [-0.4, -0.2) is 16.7 Å². The first kappa shape index (κ1) is 19.7. The van der Waals surface area contributed by atoms with Gasteiger partial charge in [0, 0.05) is 6.42 Å². The van der Waals surface area contributed by atoms with Crippen LogP contribution >= 0.6 is 0 Å². The summed E-state index contributed by atoms with van der Waals surface area (Å²) < 4.78 is 0. The Morgan fingerprint density at radius 3 is 2.40 bits per heavy atom. The Hall–Kier alpha value is -3.60. The quantitative estimate of drug-likeness (QED) is 0.406. The zero-order chi connectivity index (χ0) is 21.1. The van der Waals surface area contributed by atoms with Crippen molar-refractivity contribution in [2.24, 2.45) is 10.2 Å². The van der Waals surface area contributed by atoms with E-state index in [9.17, 15) is 9.59 Å². The molecule has 1 aliphatic rings. The first-order chi connectivity index (χ1) is 14.5. The summed E-state index contributed by atoms with van der Waals surface area (Å²) in [6.07, 6.45) is 0.155. The standard InChI is InChI=1S/C25H23N3O2/c1-17-7-6-10-20(13-17)26-27-23-12-11-18(2)14-21(23)22-15-24(29)28(25(22)30)16-19-8-4-3-5-9-19/h3-14,22H,15-16H2,1-2H3. The number of imide groups is 1. The summed E-state index contributed by atoms with van der Waals surface area (Å²) in [6, 6.07) is 23.1. The molecule has 3 aromatic rings. The van der Waals surface area contributed by atoms with Gasteiger partial charge in [-0.3, -0.25) is 14.5 Å². The summed E-state index contributed by atoms with van der Waals surface area (Å²) in [4.78, 5) is 27.1. The van der Waals surface area contributed by atoms with Gasteiger partial charge in [0.15, 0.2) is 0 Å². The highest BCUT2D eigenvalue weighted by Gasteiger charge is 2.40. The molecule has 0 aromatic heterocycles. The topological polar surface area (TPSA) is 62.1 Å². The summed E-state index contributed by atoms with van der Waals surface area (Å²) >= 11 is 0. The van der Waals surface area contributed by atoms with Crippen molar-refractivity contribution in [2.75, 3.05) is 0 Å². The molecule has 150 valence electrons. The average molecular weight is 397 g/mol. The molecule has 0 N–H and O–H groups in total. The highest BCUT2D eigenvalue weighted by molar-refractivity contribution is 6.06. The second kappa shape index (κ2) is 8.41. The van der Waals surface area contributed by atoms with Gasteiger partial charge in [0.2, 0.25) is 11.8 Å². The Labute approximate surface area is 176 Å². The molecule has 0 radical (unpaired) electrons. The van der Waals surface area contributed by atoms with Crippen LogP contribution in [-0.2, 0) is 16.1 Å². The minimum atomic E-state index is -0.535. The number of likely N-dealkylation sites (tertiary alicyclic amines) is 1. The lowest BCUT2D eigenvalue weighted by Gasteiger charge is -2.16. The number of hydrogen-bond donors (Lipinski definition) is 0. The van der Waals surface area contributed by atoms with Gasteiger partial charge >= 0.3 is 0 Å². The Bertz CT molecular complexity index is 1120. The molecular weight excluding hydrogens is 374 g/mol. The van der Waals surface area contributed by atoms with Crippen molar-refractivity contribution < 1.29 is 9.59 Å². The lowest BCUT2D eigenvalue weighted by atomic mass is 9.94. The Morgan fingerprint density at radius 1 is 0.867 bits per heavy atom. The number of hydrogen-bond acceptors (Lipinski definition) is 4. The first-order valence-electron chi connectivity index (χ1n) is 9.98. The van der Waals surface area contributed by atoms with E-state index in [2.05, 4.69) is 10.2 Å². The van der Waals surface area contributed by atoms with E-state index in [-0.39, 0.29) is 18.2 Å². The zero-order valence-electron chi connectivity index (χ0n) is 17.1. The molecule has 1 saturated heterocycles. The zero-order valence-corrected chi connectivity index (χ0v) is 17.1. The number of nitrogens with zero attached hydrogens (tertiary/aromatic N) is 3. The van der Waals surface area contributed by atoms with E-state index < -0.39 is 5.92 Å². The van der Waals surface area contributed by atoms with E-state index in [4.69, 9.17) is 0 Å². The maximum Gasteiger partial charge on any atom is 0.237 e. The highest BCUT2D eigenvalue weighted by Crippen LogP contribution is 2.37. The van der Waals surface area contributed by atoms with Crippen molar-refractivity contribution in [3.8, 4) is 0 Å². The number of amides is 2. The lowest BCUT2D eigenvalue weighted by molar-refractivity contribution is -0.139. The number of aryl methyl sites for hydroxylation is 2. The summed E-state index contributed by atoms with van der Waals surface area (Å²) in [5.74, 6) is -0.869. The number of azo groups is 1. The Morgan fingerprint density at radius 2 is 1.63 bits per heavy atom. The molecule has 1 heterocycles. The van der Waals surface area contributed by atoms with E-state index >= 15 is 0 Å². The van der Waals surface area contributed by atoms with Crippen molar-refractivity contribution in [1.82, 2.24) is 4.90 Å². The average Bonchev–Trinajstić information content (AvgIpc) is 3.02. The third-order valence-corrected chi connectivity index (χ3v) is 5.26. The molecule has 0 saturated carbocycles. The molecule has 0 spiro atoms. The van der Waals surface area contributed by atoms with Crippen molar-refractivity contribution in [3.05, 3.63) is 95.1 Å². The van der Waals surface area contributed by atoms with Crippen molar-refractivity contribution in [1.29, 1.82) is 0 Å². The van der Waals surface area contributed by atoms with Gasteiger partial charge in [0.05, 0.1) is 23.8 Å². The predicted molar refractivity (Wildman–Crippen MR) is 116 cm³/mol. The molecule has 5 heteroatoms. The van der Waals surface area contributed by atoms with Crippen molar-refractivity contribution in [3.63, 3.8) is 0 Å². The van der Waals surface area contributed by atoms with Crippen molar-refractivity contribution >= 4 is 23.2 Å². The molecular formula is C25H23N3O2. The smallest absolute Gasteiger partial charge is 0.237 e. The minimum Gasteiger partial charge on any atom is -0.278 e. The van der Waals surface area contributed by atoms with E-state index in [0.717, 1.165) is 27.9 Å². The molecule has 4 rings (SSSR count). The normalized spacial score (nSPS) is 16.6. The molecule has 2 amide bonds. The lowest BCUT2D eigenvalue weighted by Crippen LogP contribution is -2.29. The molecule has 30 heavy (non-hydrogen) atoms. The van der Waals surface area contributed by atoms with Crippen LogP contribution in [0.4, 0.5) is 11.4 Å². The van der Waals surface area contributed by atoms with Crippen LogP contribution in [0, 0.1) is 13.8 Å². The van der Waals surface area contributed by atoms with Crippen molar-refractivity contribution in [2.45, 2.75) is 32.7 Å². The Balaban J connectivity index is 1.62. The molecule has 0 bridgehead atoms. The van der Waals surface area contributed by atoms with Gasteiger partial charge in [-0.15, -0.1) is 0 Å². The van der Waals surface area contributed by atoms with E-state index in [1.54, 1.807) is 0 Å². The second-order valence-corrected chi connectivity index (χ2v) is 7.66. The van der Waals surface area contributed by atoms with Crippen LogP contribution in [0.2, 0.25) is 0 Å². The van der Waals surface area contributed by atoms with E-state index in [1.807, 2.05) is 86.6 Å². The fourth-order valence-electron chi connectivity index (χ4n) is 3.70. The minimum absolute atomic E-state index is 0.155. The van der Waals surface area contributed by atoms with Gasteiger partial charge in [-0.1, -0.05) is 60.2 Å². The molecule has 3 aromatic carbocycles. The maximum absolute atomic E-state index is 13.1. The molecule has 1 unspecified atom stereocenters. The predicted octanol–water partition coefficient (Wildman–Crippen LogP) is 5.76. The SMILES string of the molecule is Cc1cccc(N=Nc2ccc(C)cc2C2CC(=O)N(Cc3ccccc3)C2=O)c1. The fourth-order valence-corrected chi connectivity index (χ4v) is 3.70. The monoisotopic (exact) mass is 397 g/mol. The molecule has 1 fully saturated rings. The van der Waals surface area contributed by atoms with Gasteiger partial charge in [-0.05, 0) is 48.7 Å². The van der Waals surface area contributed by atoms with Gasteiger partial charge in [-0.25, -0.2) is 0 Å². The molecule has 1 atom stereocenters. The number of benzene rings is 3. The van der Waals surface area contributed by atoms with Crippen LogP contribution in [0.1, 0.15) is 34.6 Å². The second-order valence-electron chi connectivity index (χ2n) is 7.66.